The molecular formula is C17H23FN2O7S. The summed E-state index contributed by atoms with van der Waals surface area (Å²) >= 11 is 0. The average molecular weight is 418 g/mol. The number of nitro benzene ring substituents is 1. The topological polar surface area (TPSA) is 116 Å². The lowest BCUT2D eigenvalue weighted by molar-refractivity contribution is -0.384. The molecule has 9 nitrogen and oxygen atoms in total. The third-order valence-electron chi connectivity index (χ3n) is 4.00. The number of amides is 1. The van der Waals surface area contributed by atoms with Crippen LogP contribution in [0, 0.1) is 10.1 Å². The molecule has 1 aromatic carbocycles. The quantitative estimate of drug-likeness (QED) is 0.419. The zero-order valence-corrected chi connectivity index (χ0v) is 16.6. The summed E-state index contributed by atoms with van der Waals surface area (Å²) in [6, 6.07) is 4.12. The number of rotatable bonds is 4. The number of non-ortho nitro benzene ring substituents is 1. The van der Waals surface area contributed by atoms with Crippen LogP contribution in [0.15, 0.2) is 29.2 Å². The predicted octanol–water partition coefficient (Wildman–Crippen LogP) is 3.04. The second kappa shape index (κ2) is 8.39. The van der Waals surface area contributed by atoms with Crippen LogP contribution in [-0.4, -0.2) is 55.3 Å². The molecule has 0 N–H and O–H groups in total. The summed E-state index contributed by atoms with van der Waals surface area (Å²) in [7, 11) is -4.32. The maximum Gasteiger partial charge on any atom is 0.410 e. The number of carbonyl (C=O) groups excluding carboxylic acids is 1. The van der Waals surface area contributed by atoms with Crippen molar-refractivity contribution in [2.24, 2.45) is 0 Å². The summed E-state index contributed by atoms with van der Waals surface area (Å²) in [5.74, 6) is 0. The van der Waals surface area contributed by atoms with Crippen LogP contribution in [-0.2, 0) is 19.0 Å². The molecule has 28 heavy (non-hydrogen) atoms. The molecule has 11 heteroatoms. The van der Waals surface area contributed by atoms with Crippen molar-refractivity contribution < 1.29 is 31.4 Å². The molecule has 1 heterocycles. The van der Waals surface area contributed by atoms with Gasteiger partial charge < -0.3 is 9.64 Å². The lowest BCUT2D eigenvalue weighted by atomic mass is 10.1. The van der Waals surface area contributed by atoms with Crippen molar-refractivity contribution in [1.29, 1.82) is 0 Å². The van der Waals surface area contributed by atoms with E-state index in [2.05, 4.69) is 0 Å². The van der Waals surface area contributed by atoms with E-state index in [1.165, 1.54) is 4.90 Å². The maximum absolute atomic E-state index is 14.4. The lowest BCUT2D eigenvalue weighted by Crippen LogP contribution is -2.37. The fourth-order valence-electron chi connectivity index (χ4n) is 2.61. The highest BCUT2D eigenvalue weighted by atomic mass is 32.2. The molecule has 0 radical (unpaired) electrons. The number of nitrogens with zero attached hydrogens (tertiary/aromatic N) is 2. The molecule has 1 fully saturated rings. The summed E-state index contributed by atoms with van der Waals surface area (Å²) in [5, 5.41) is 10.7. The number of benzene rings is 1. The van der Waals surface area contributed by atoms with Crippen LogP contribution >= 0.6 is 0 Å². The number of ether oxygens (including phenoxy) is 1. The molecule has 2 rings (SSSR count). The summed E-state index contributed by atoms with van der Waals surface area (Å²) in [4.78, 5) is 23.2. The number of hydrogen-bond acceptors (Lipinski definition) is 7. The predicted molar refractivity (Wildman–Crippen MR) is 97.1 cm³/mol. The molecule has 2 atom stereocenters. The zero-order chi connectivity index (χ0) is 21.1. The minimum atomic E-state index is -4.32. The number of nitro groups is 1. The minimum absolute atomic E-state index is 0.0351. The first-order valence-corrected chi connectivity index (χ1v) is 10.1. The number of likely N-dealkylation sites (tertiary alicyclic amines) is 1. The summed E-state index contributed by atoms with van der Waals surface area (Å²) in [6.45, 7) is 5.29. The number of hydrogen-bond donors (Lipinski definition) is 0. The standard InChI is InChI=1S/C17H23FN2O7S/c1-17(2,3)26-16(21)19-10-8-14(18)15(9-11-19)27-28(24,25)13-6-4-12(5-7-13)20(22)23/h4-7,14-15H,8-11H2,1-3H3/t14-,15+/m1/s1. The van der Waals surface area contributed by atoms with Gasteiger partial charge in [-0.1, -0.05) is 0 Å². The van der Waals surface area contributed by atoms with E-state index in [1.807, 2.05) is 0 Å². The van der Waals surface area contributed by atoms with Crippen LogP contribution in [0.5, 0.6) is 0 Å². The molecule has 0 unspecified atom stereocenters. The Balaban J connectivity index is 2.06. The van der Waals surface area contributed by atoms with Crippen LogP contribution in [0.25, 0.3) is 0 Å². The molecule has 1 saturated heterocycles. The van der Waals surface area contributed by atoms with Crippen molar-refractivity contribution in [3.63, 3.8) is 0 Å². The van der Waals surface area contributed by atoms with Gasteiger partial charge in [-0.25, -0.2) is 9.18 Å². The number of halogens is 1. The van der Waals surface area contributed by atoms with Gasteiger partial charge in [0.15, 0.2) is 0 Å². The molecule has 156 valence electrons. The van der Waals surface area contributed by atoms with E-state index in [0.29, 0.717) is 0 Å². The van der Waals surface area contributed by atoms with Gasteiger partial charge in [-0.05, 0) is 45.7 Å². The molecule has 0 saturated carbocycles. The molecule has 0 bridgehead atoms. The van der Waals surface area contributed by atoms with Gasteiger partial charge in [0.05, 0.1) is 9.82 Å². The smallest absolute Gasteiger partial charge is 0.410 e. The van der Waals surface area contributed by atoms with E-state index < -0.39 is 39.0 Å². The Morgan fingerprint density at radius 3 is 2.32 bits per heavy atom. The maximum atomic E-state index is 14.4. The summed E-state index contributed by atoms with van der Waals surface area (Å²) in [5.41, 5.74) is -0.974. The first-order valence-electron chi connectivity index (χ1n) is 8.69. The van der Waals surface area contributed by atoms with Crippen molar-refractivity contribution in [1.82, 2.24) is 4.90 Å². The molecular weight excluding hydrogens is 395 g/mol. The molecule has 0 spiro atoms. The fraction of sp³-hybridized carbons (Fsp3) is 0.588. The number of carbonyl (C=O) groups is 1. The first-order chi connectivity index (χ1) is 12.9. The highest BCUT2D eigenvalue weighted by Gasteiger charge is 2.34. The van der Waals surface area contributed by atoms with Crippen molar-refractivity contribution in [2.45, 2.75) is 56.4 Å². The summed E-state index contributed by atoms with van der Waals surface area (Å²) in [6.07, 6.45) is -3.60. The van der Waals surface area contributed by atoms with E-state index in [0.717, 1.165) is 24.3 Å². The molecule has 1 aliphatic heterocycles. The van der Waals surface area contributed by atoms with Crippen LogP contribution in [0.3, 0.4) is 0 Å². The van der Waals surface area contributed by atoms with Gasteiger partial charge >= 0.3 is 6.09 Å². The normalized spacial score (nSPS) is 21.1. The zero-order valence-electron chi connectivity index (χ0n) is 15.8. The Morgan fingerprint density at radius 1 is 1.21 bits per heavy atom. The van der Waals surface area contributed by atoms with E-state index in [-0.39, 0.29) is 36.5 Å². The largest absolute Gasteiger partial charge is 0.444 e. The molecule has 1 aliphatic rings. The Kier molecular flexibility index (Phi) is 6.60. The molecule has 1 amide bonds. The Hall–Kier alpha value is -2.27. The van der Waals surface area contributed by atoms with Crippen molar-refractivity contribution in [3.05, 3.63) is 34.4 Å². The third-order valence-corrected chi connectivity index (χ3v) is 5.35. The Bertz CT molecular complexity index is 821. The molecule has 1 aromatic rings. The Labute approximate surface area is 162 Å². The van der Waals surface area contributed by atoms with Crippen LogP contribution in [0.4, 0.5) is 14.9 Å². The highest BCUT2D eigenvalue weighted by Crippen LogP contribution is 2.25. The Morgan fingerprint density at radius 2 is 1.79 bits per heavy atom. The van der Waals surface area contributed by atoms with Crippen molar-refractivity contribution >= 4 is 21.9 Å². The monoisotopic (exact) mass is 418 g/mol. The van der Waals surface area contributed by atoms with Gasteiger partial charge in [0.1, 0.15) is 17.9 Å². The highest BCUT2D eigenvalue weighted by molar-refractivity contribution is 7.86. The number of alkyl halides is 1. The third kappa shape index (κ3) is 5.86. The first kappa shape index (κ1) is 22.0. The van der Waals surface area contributed by atoms with Crippen LogP contribution in [0.2, 0.25) is 0 Å². The van der Waals surface area contributed by atoms with E-state index in [9.17, 15) is 27.7 Å². The van der Waals surface area contributed by atoms with E-state index in [4.69, 9.17) is 8.92 Å². The van der Waals surface area contributed by atoms with Gasteiger partial charge in [0.2, 0.25) is 0 Å². The molecule has 0 aliphatic carbocycles. The minimum Gasteiger partial charge on any atom is -0.444 e. The van der Waals surface area contributed by atoms with Crippen LogP contribution in [0.1, 0.15) is 33.6 Å². The summed E-state index contributed by atoms with van der Waals surface area (Å²) < 4.78 is 49.5. The fourth-order valence-corrected chi connectivity index (χ4v) is 3.73. The second-order valence-electron chi connectivity index (χ2n) is 7.40. The van der Waals surface area contributed by atoms with E-state index >= 15 is 0 Å². The second-order valence-corrected chi connectivity index (χ2v) is 8.97. The van der Waals surface area contributed by atoms with E-state index in [1.54, 1.807) is 20.8 Å². The van der Waals surface area contributed by atoms with Gasteiger partial charge in [-0.3, -0.25) is 14.3 Å². The van der Waals surface area contributed by atoms with Gasteiger partial charge in [0.25, 0.3) is 15.8 Å². The lowest BCUT2D eigenvalue weighted by Gasteiger charge is -2.26. The van der Waals surface area contributed by atoms with Gasteiger partial charge in [0, 0.05) is 25.2 Å². The average Bonchev–Trinajstić information content (AvgIpc) is 2.75. The van der Waals surface area contributed by atoms with Gasteiger partial charge in [-0.2, -0.15) is 8.42 Å². The van der Waals surface area contributed by atoms with Gasteiger partial charge in [-0.15, -0.1) is 0 Å². The van der Waals surface area contributed by atoms with Crippen molar-refractivity contribution in [2.75, 3.05) is 13.1 Å². The van der Waals surface area contributed by atoms with Crippen molar-refractivity contribution in [3.8, 4) is 0 Å². The molecule has 0 aromatic heterocycles. The van der Waals surface area contributed by atoms with Crippen LogP contribution < -0.4 is 0 Å². The SMILES string of the molecule is CC(C)(C)OC(=O)N1CC[C@@H](F)[C@@H](OS(=O)(=O)c2ccc([N+](=O)[O-])cc2)CC1.